The Morgan fingerprint density at radius 1 is 0.933 bits per heavy atom. The highest BCUT2D eigenvalue weighted by Gasteiger charge is 2.10. The van der Waals surface area contributed by atoms with Crippen molar-refractivity contribution in [2.24, 2.45) is 0 Å². The lowest BCUT2D eigenvalue weighted by Crippen LogP contribution is -2.20. The molecule has 0 aliphatic carbocycles. The number of carbonyl (C=O) groups is 1. The van der Waals surface area contributed by atoms with Crippen LogP contribution in [-0.2, 0) is 11.3 Å². The summed E-state index contributed by atoms with van der Waals surface area (Å²) in [6, 6.07) is 18.5. The van der Waals surface area contributed by atoms with Crippen LogP contribution >= 0.6 is 11.6 Å². The van der Waals surface area contributed by atoms with Gasteiger partial charge in [-0.2, -0.15) is 0 Å². The molecule has 1 amide bonds. The first-order chi connectivity index (χ1) is 14.5. The molecular weight excluding hydrogens is 407 g/mol. The van der Waals surface area contributed by atoms with Crippen molar-refractivity contribution in [3.63, 3.8) is 0 Å². The molecule has 7 heteroatoms. The standard InChI is InChI=1S/C23H22ClFN2O3/c1-2-29-22-13-16(14-26-19-10-6-18(25)7-11-19)3-12-21(22)30-15-23(28)27-20-8-4-17(24)5-9-20/h3-13,26H,2,14-15H2,1H3,(H,27,28). The van der Waals surface area contributed by atoms with Crippen molar-refractivity contribution < 1.29 is 18.7 Å². The molecule has 3 rings (SSSR count). The topological polar surface area (TPSA) is 59.6 Å². The van der Waals surface area contributed by atoms with Crippen LogP contribution in [0.3, 0.4) is 0 Å². The van der Waals surface area contributed by atoms with Gasteiger partial charge in [-0.1, -0.05) is 17.7 Å². The molecule has 0 heterocycles. The van der Waals surface area contributed by atoms with E-state index >= 15 is 0 Å². The minimum Gasteiger partial charge on any atom is -0.490 e. The van der Waals surface area contributed by atoms with Gasteiger partial charge in [0, 0.05) is 22.9 Å². The molecule has 3 aromatic rings. The van der Waals surface area contributed by atoms with Crippen molar-refractivity contribution in [3.05, 3.63) is 83.1 Å². The molecule has 0 spiro atoms. The van der Waals surface area contributed by atoms with E-state index in [0.717, 1.165) is 11.3 Å². The van der Waals surface area contributed by atoms with Gasteiger partial charge < -0.3 is 20.1 Å². The van der Waals surface area contributed by atoms with Crippen LogP contribution < -0.4 is 20.1 Å². The predicted molar refractivity (Wildman–Crippen MR) is 117 cm³/mol. The van der Waals surface area contributed by atoms with Crippen LogP contribution in [0.5, 0.6) is 11.5 Å². The molecule has 0 bridgehead atoms. The summed E-state index contributed by atoms with van der Waals surface area (Å²) < 4.78 is 24.3. The molecule has 3 aromatic carbocycles. The van der Waals surface area contributed by atoms with Crippen LogP contribution in [-0.4, -0.2) is 19.1 Å². The molecule has 2 N–H and O–H groups in total. The third-order valence-electron chi connectivity index (χ3n) is 4.14. The van der Waals surface area contributed by atoms with E-state index in [1.54, 1.807) is 42.5 Å². The van der Waals surface area contributed by atoms with Crippen molar-refractivity contribution in [2.45, 2.75) is 13.5 Å². The SMILES string of the molecule is CCOc1cc(CNc2ccc(F)cc2)ccc1OCC(=O)Nc1ccc(Cl)cc1. The lowest BCUT2D eigenvalue weighted by molar-refractivity contribution is -0.118. The Morgan fingerprint density at radius 2 is 1.63 bits per heavy atom. The van der Waals surface area contributed by atoms with E-state index in [0.29, 0.717) is 35.4 Å². The number of amides is 1. The van der Waals surface area contributed by atoms with Crippen molar-refractivity contribution in [2.75, 3.05) is 23.8 Å². The van der Waals surface area contributed by atoms with E-state index in [1.165, 1.54) is 12.1 Å². The summed E-state index contributed by atoms with van der Waals surface area (Å²) in [6.45, 7) is 2.71. The third-order valence-corrected chi connectivity index (χ3v) is 4.39. The minimum atomic E-state index is -0.290. The number of nitrogens with one attached hydrogen (secondary N) is 2. The molecule has 0 aliphatic rings. The van der Waals surface area contributed by atoms with Gasteiger partial charge in [0.15, 0.2) is 18.1 Å². The van der Waals surface area contributed by atoms with E-state index in [4.69, 9.17) is 21.1 Å². The fourth-order valence-corrected chi connectivity index (χ4v) is 2.82. The quantitative estimate of drug-likeness (QED) is 0.472. The van der Waals surface area contributed by atoms with Gasteiger partial charge in [-0.25, -0.2) is 4.39 Å². The first kappa shape index (κ1) is 21.5. The Labute approximate surface area is 179 Å². The zero-order valence-corrected chi connectivity index (χ0v) is 17.2. The van der Waals surface area contributed by atoms with Crippen LogP contribution in [0.15, 0.2) is 66.7 Å². The predicted octanol–water partition coefficient (Wildman–Crippen LogP) is 5.51. The maximum atomic E-state index is 13.0. The molecule has 30 heavy (non-hydrogen) atoms. The Morgan fingerprint density at radius 3 is 2.33 bits per heavy atom. The second-order valence-electron chi connectivity index (χ2n) is 6.42. The Balaban J connectivity index is 1.59. The molecule has 0 atom stereocenters. The summed E-state index contributed by atoms with van der Waals surface area (Å²) in [6.07, 6.45) is 0. The van der Waals surface area contributed by atoms with Crippen LogP contribution in [0.1, 0.15) is 12.5 Å². The van der Waals surface area contributed by atoms with Gasteiger partial charge in [0.05, 0.1) is 6.61 Å². The van der Waals surface area contributed by atoms with E-state index < -0.39 is 0 Å². The number of anilines is 2. The monoisotopic (exact) mass is 428 g/mol. The summed E-state index contributed by atoms with van der Waals surface area (Å²) in [5, 5.41) is 6.56. The summed E-state index contributed by atoms with van der Waals surface area (Å²) in [7, 11) is 0. The number of benzene rings is 3. The summed E-state index contributed by atoms with van der Waals surface area (Å²) >= 11 is 5.84. The summed E-state index contributed by atoms with van der Waals surface area (Å²) in [5.74, 6) is 0.464. The van der Waals surface area contributed by atoms with Crippen LogP contribution in [0.25, 0.3) is 0 Å². The van der Waals surface area contributed by atoms with Gasteiger partial charge in [-0.3, -0.25) is 4.79 Å². The van der Waals surface area contributed by atoms with E-state index in [9.17, 15) is 9.18 Å². The normalized spacial score (nSPS) is 10.4. The zero-order chi connectivity index (χ0) is 21.3. The van der Waals surface area contributed by atoms with Crippen molar-refractivity contribution in [3.8, 4) is 11.5 Å². The molecule has 0 aliphatic heterocycles. The third kappa shape index (κ3) is 6.39. The molecule has 156 valence electrons. The molecule has 0 saturated heterocycles. The number of ether oxygens (including phenoxy) is 2. The average molecular weight is 429 g/mol. The Kier molecular flexibility index (Phi) is 7.51. The second kappa shape index (κ2) is 10.5. The van der Waals surface area contributed by atoms with Crippen LogP contribution in [0, 0.1) is 5.82 Å². The van der Waals surface area contributed by atoms with Crippen molar-refractivity contribution in [1.82, 2.24) is 0 Å². The average Bonchev–Trinajstić information content (AvgIpc) is 2.74. The highest BCUT2D eigenvalue weighted by Crippen LogP contribution is 2.29. The smallest absolute Gasteiger partial charge is 0.262 e. The second-order valence-corrected chi connectivity index (χ2v) is 6.85. The molecule has 5 nitrogen and oxygen atoms in total. The molecule has 0 unspecified atom stereocenters. The Hall–Kier alpha value is -3.25. The summed E-state index contributed by atoms with van der Waals surface area (Å²) in [4.78, 5) is 12.1. The Bertz CT molecular complexity index is 979. The van der Waals surface area contributed by atoms with Gasteiger partial charge in [-0.15, -0.1) is 0 Å². The molecule has 0 saturated carbocycles. The van der Waals surface area contributed by atoms with Crippen LogP contribution in [0.2, 0.25) is 5.02 Å². The fraction of sp³-hybridized carbons (Fsp3) is 0.174. The van der Waals surface area contributed by atoms with Crippen LogP contribution in [0.4, 0.5) is 15.8 Å². The van der Waals surface area contributed by atoms with Crippen molar-refractivity contribution in [1.29, 1.82) is 0 Å². The maximum Gasteiger partial charge on any atom is 0.262 e. The van der Waals surface area contributed by atoms with Gasteiger partial charge in [0.1, 0.15) is 5.82 Å². The summed E-state index contributed by atoms with van der Waals surface area (Å²) in [5.41, 5.74) is 2.41. The highest BCUT2D eigenvalue weighted by atomic mass is 35.5. The lowest BCUT2D eigenvalue weighted by Gasteiger charge is -2.14. The van der Waals surface area contributed by atoms with Gasteiger partial charge in [0.2, 0.25) is 0 Å². The first-order valence-corrected chi connectivity index (χ1v) is 9.84. The highest BCUT2D eigenvalue weighted by molar-refractivity contribution is 6.30. The van der Waals surface area contributed by atoms with E-state index in [-0.39, 0.29) is 18.3 Å². The van der Waals surface area contributed by atoms with E-state index in [1.807, 2.05) is 19.1 Å². The van der Waals surface area contributed by atoms with Gasteiger partial charge in [-0.05, 0) is 73.2 Å². The zero-order valence-electron chi connectivity index (χ0n) is 16.5. The van der Waals surface area contributed by atoms with Gasteiger partial charge >= 0.3 is 0 Å². The molecule has 0 aromatic heterocycles. The van der Waals surface area contributed by atoms with E-state index in [2.05, 4.69) is 10.6 Å². The number of carbonyl (C=O) groups excluding carboxylic acids is 1. The minimum absolute atomic E-state index is 0.157. The van der Waals surface area contributed by atoms with Crippen molar-refractivity contribution >= 4 is 28.9 Å². The number of halogens is 2. The molecule has 0 fully saturated rings. The maximum absolute atomic E-state index is 13.0. The molecular formula is C23H22ClFN2O3. The number of rotatable bonds is 9. The lowest BCUT2D eigenvalue weighted by atomic mass is 10.2. The fourth-order valence-electron chi connectivity index (χ4n) is 2.70. The molecule has 0 radical (unpaired) electrons. The number of hydrogen-bond donors (Lipinski definition) is 2. The first-order valence-electron chi connectivity index (χ1n) is 9.47. The number of hydrogen-bond acceptors (Lipinski definition) is 4. The largest absolute Gasteiger partial charge is 0.490 e. The van der Waals surface area contributed by atoms with Gasteiger partial charge in [0.25, 0.3) is 5.91 Å².